The second-order valence-corrected chi connectivity index (χ2v) is 12.6. The van der Waals surface area contributed by atoms with Crippen molar-refractivity contribution in [2.24, 2.45) is 23.1 Å². The minimum atomic E-state index is -1.84. The highest BCUT2D eigenvalue weighted by Crippen LogP contribution is 2.18. The maximum atomic E-state index is 14.1. The molecule has 50 heavy (non-hydrogen) atoms. The summed E-state index contributed by atoms with van der Waals surface area (Å²) in [6.45, 7) is 4.11. The molecule has 1 aromatic rings. The minimum absolute atomic E-state index is 0.131. The number of primary amides is 2. The van der Waals surface area contributed by atoms with E-state index >= 15 is 0 Å². The Labute approximate surface area is 291 Å². The highest BCUT2D eigenvalue weighted by molar-refractivity contribution is 6.04. The van der Waals surface area contributed by atoms with Crippen LogP contribution in [0.5, 0.6) is 0 Å². The highest BCUT2D eigenvalue weighted by Gasteiger charge is 2.40. The van der Waals surface area contributed by atoms with Gasteiger partial charge >= 0.3 is 0 Å². The van der Waals surface area contributed by atoms with E-state index in [0.717, 1.165) is 18.9 Å². The Bertz CT molecular complexity index is 1370. The van der Waals surface area contributed by atoms with Gasteiger partial charge in [0.25, 0.3) is 5.91 Å². The third-order valence-corrected chi connectivity index (χ3v) is 8.23. The van der Waals surface area contributed by atoms with Crippen LogP contribution in [0.25, 0.3) is 0 Å². The summed E-state index contributed by atoms with van der Waals surface area (Å²) in [5.41, 5.74) is 17.0. The lowest BCUT2D eigenvalue weighted by molar-refractivity contribution is -0.154. The molecule has 1 aromatic carbocycles. The predicted octanol–water partition coefficient (Wildman–Crippen LogP) is -2.88. The van der Waals surface area contributed by atoms with Gasteiger partial charge in [0.05, 0.1) is 25.1 Å². The first-order valence-corrected chi connectivity index (χ1v) is 16.4. The molecule has 1 unspecified atom stereocenters. The Morgan fingerprint density at radius 1 is 1.02 bits per heavy atom. The van der Waals surface area contributed by atoms with Crippen molar-refractivity contribution in [3.63, 3.8) is 0 Å². The van der Waals surface area contributed by atoms with E-state index in [2.05, 4.69) is 16.0 Å². The molecule has 0 aliphatic carbocycles. The van der Waals surface area contributed by atoms with Gasteiger partial charge in [0, 0.05) is 19.9 Å². The molecular formula is C33H49N8O9. The highest BCUT2D eigenvalue weighted by atomic mass is 16.3. The molecule has 10 N–H and O–H groups in total. The summed E-state index contributed by atoms with van der Waals surface area (Å²) in [5.74, 6) is -6.76. The van der Waals surface area contributed by atoms with Crippen LogP contribution in [0.4, 0.5) is 0 Å². The SMILES string of the molecule is CC(=O)N(C(=O)[C@H](CCC(N)=O)NC(=O)[C@@H](N)CO)[C@@H](CC(N)=O)C(=O)NC(Cc1ccccc1)CN(C(=O)[C@@H]1CCCN1)[C@H]([C]=O)C(C)C. The van der Waals surface area contributed by atoms with Crippen LogP contribution in [0.3, 0.4) is 0 Å². The number of nitrogens with two attached hydrogens (primary N) is 3. The van der Waals surface area contributed by atoms with Gasteiger partial charge in [-0.25, -0.2) is 0 Å². The van der Waals surface area contributed by atoms with Gasteiger partial charge in [-0.3, -0.25) is 43.3 Å². The number of hydrogen-bond acceptors (Lipinski definition) is 11. The first kappa shape index (κ1) is 41.4. The van der Waals surface area contributed by atoms with E-state index in [1.54, 1.807) is 44.2 Å². The fraction of sp³-hybridized carbons (Fsp3) is 0.576. The van der Waals surface area contributed by atoms with Crippen molar-refractivity contribution in [3.8, 4) is 0 Å². The number of hydrogen-bond donors (Lipinski definition) is 7. The number of carbonyl (C=O) groups is 7. The van der Waals surface area contributed by atoms with Crippen molar-refractivity contribution in [3.05, 3.63) is 35.9 Å². The van der Waals surface area contributed by atoms with Gasteiger partial charge in [0.1, 0.15) is 24.2 Å². The molecule has 1 aliphatic rings. The van der Waals surface area contributed by atoms with E-state index in [1.165, 1.54) is 4.90 Å². The molecule has 17 heteroatoms. The number of carbonyl (C=O) groups excluding carboxylic acids is 8. The third kappa shape index (κ3) is 12.3. The number of amides is 7. The van der Waals surface area contributed by atoms with Crippen molar-refractivity contribution >= 4 is 47.6 Å². The first-order chi connectivity index (χ1) is 23.6. The van der Waals surface area contributed by atoms with Gasteiger partial charge < -0.3 is 43.2 Å². The first-order valence-electron chi connectivity index (χ1n) is 16.4. The summed E-state index contributed by atoms with van der Waals surface area (Å²) in [6, 6.07) is 1.51. The van der Waals surface area contributed by atoms with E-state index < -0.39 is 97.6 Å². The molecule has 0 bridgehead atoms. The van der Waals surface area contributed by atoms with Crippen molar-refractivity contribution in [2.45, 2.75) is 95.5 Å². The molecule has 17 nitrogen and oxygen atoms in total. The Balaban J connectivity index is 2.56. The molecule has 1 fully saturated rings. The second kappa shape index (κ2) is 20.1. The van der Waals surface area contributed by atoms with Gasteiger partial charge in [-0.05, 0) is 43.7 Å². The van der Waals surface area contributed by atoms with E-state index in [9.17, 15) is 43.5 Å². The number of aliphatic hydroxyl groups excluding tert-OH is 1. The largest absolute Gasteiger partial charge is 0.394 e. The summed E-state index contributed by atoms with van der Waals surface area (Å²) in [4.78, 5) is 105. The molecule has 0 saturated carbocycles. The van der Waals surface area contributed by atoms with Crippen LogP contribution in [0, 0.1) is 5.92 Å². The van der Waals surface area contributed by atoms with Gasteiger partial charge in [-0.15, -0.1) is 0 Å². The monoisotopic (exact) mass is 701 g/mol. The Kier molecular flexibility index (Phi) is 16.6. The van der Waals surface area contributed by atoms with Crippen LogP contribution >= 0.6 is 0 Å². The van der Waals surface area contributed by atoms with E-state index in [4.69, 9.17) is 17.2 Å². The summed E-state index contributed by atoms with van der Waals surface area (Å²) in [5, 5.41) is 17.5. The number of imide groups is 1. The number of benzene rings is 1. The molecule has 1 saturated heterocycles. The van der Waals surface area contributed by atoms with Gasteiger partial charge in [-0.2, -0.15) is 0 Å². The average molecular weight is 702 g/mol. The average Bonchev–Trinajstić information content (AvgIpc) is 3.60. The summed E-state index contributed by atoms with van der Waals surface area (Å²) >= 11 is 0. The smallest absolute Gasteiger partial charge is 0.252 e. The molecule has 275 valence electrons. The van der Waals surface area contributed by atoms with Crippen molar-refractivity contribution in [2.75, 3.05) is 19.7 Å². The third-order valence-electron chi connectivity index (χ3n) is 8.23. The maximum absolute atomic E-state index is 14.1. The van der Waals surface area contributed by atoms with Crippen molar-refractivity contribution in [1.29, 1.82) is 0 Å². The molecule has 1 radical (unpaired) electrons. The topological polar surface area (TPSA) is 277 Å². The molecular weight excluding hydrogens is 652 g/mol. The normalized spacial score (nSPS) is 17.0. The van der Waals surface area contributed by atoms with E-state index in [-0.39, 0.29) is 24.8 Å². The van der Waals surface area contributed by atoms with Crippen LogP contribution in [-0.4, -0.2) is 118 Å². The van der Waals surface area contributed by atoms with Crippen LogP contribution in [0.15, 0.2) is 30.3 Å². The Morgan fingerprint density at radius 2 is 1.68 bits per heavy atom. The number of nitrogens with zero attached hydrogens (tertiary/aromatic N) is 2. The number of rotatable bonds is 20. The summed E-state index contributed by atoms with van der Waals surface area (Å²) in [7, 11) is 0. The van der Waals surface area contributed by atoms with Crippen LogP contribution in [-0.2, 0) is 44.8 Å². The molecule has 0 spiro atoms. The van der Waals surface area contributed by atoms with Crippen LogP contribution < -0.4 is 33.2 Å². The van der Waals surface area contributed by atoms with Crippen molar-refractivity contribution < 1.29 is 43.5 Å². The molecule has 6 atom stereocenters. The number of aliphatic hydroxyl groups is 1. The zero-order chi connectivity index (χ0) is 37.5. The maximum Gasteiger partial charge on any atom is 0.252 e. The standard InChI is InChI=1S/C33H49N8O9/c1-19(2)27(18-43)40(32(49)24-10-7-13-37-24)16-22(14-21-8-5-4-6-9-21)38-31(48)26(15-29(36)46)41(20(3)44)33(50)25(11-12-28(35)45)39-30(47)23(34)17-42/h4-6,8-9,19,22-27,37,42H,7,10-17,34H2,1-3H3,(H2,35,45)(H2,36,46)(H,38,48)(H,39,47)/t22?,23-,24-,25-,26-,27+/m0/s1. The zero-order valence-corrected chi connectivity index (χ0v) is 28.6. The molecule has 0 aromatic heterocycles. The quantitative estimate of drug-likeness (QED) is 0.0725. The van der Waals surface area contributed by atoms with Gasteiger partial charge in [0.2, 0.25) is 41.7 Å². The predicted molar refractivity (Wildman–Crippen MR) is 180 cm³/mol. The van der Waals surface area contributed by atoms with Crippen LogP contribution in [0.1, 0.15) is 58.4 Å². The van der Waals surface area contributed by atoms with Gasteiger partial charge in [0.15, 0.2) is 0 Å². The fourth-order valence-electron chi connectivity index (χ4n) is 5.68. The lowest BCUT2D eigenvalue weighted by Gasteiger charge is -2.36. The molecule has 2 rings (SSSR count). The fourth-order valence-corrected chi connectivity index (χ4v) is 5.68. The molecule has 1 aliphatic heterocycles. The van der Waals surface area contributed by atoms with Gasteiger partial charge in [-0.1, -0.05) is 44.2 Å². The Hall–Kier alpha value is -4.74. The van der Waals surface area contributed by atoms with E-state index in [1.807, 2.05) is 6.29 Å². The van der Waals surface area contributed by atoms with Crippen molar-refractivity contribution in [1.82, 2.24) is 25.8 Å². The summed E-state index contributed by atoms with van der Waals surface area (Å²) < 4.78 is 0. The molecule has 7 amide bonds. The lowest BCUT2D eigenvalue weighted by atomic mass is 9.99. The lowest BCUT2D eigenvalue weighted by Crippen LogP contribution is -2.61. The Morgan fingerprint density at radius 3 is 2.18 bits per heavy atom. The second-order valence-electron chi connectivity index (χ2n) is 12.6. The number of nitrogens with one attached hydrogen (secondary N) is 3. The summed E-state index contributed by atoms with van der Waals surface area (Å²) in [6.07, 6.45) is 1.72. The zero-order valence-electron chi connectivity index (χ0n) is 28.6. The van der Waals surface area contributed by atoms with E-state index in [0.29, 0.717) is 17.9 Å². The molecule has 1 heterocycles. The minimum Gasteiger partial charge on any atom is -0.394 e. The van der Waals surface area contributed by atoms with Crippen LogP contribution in [0.2, 0.25) is 0 Å².